The van der Waals surface area contributed by atoms with Crippen molar-refractivity contribution in [2.45, 2.75) is 11.3 Å². The lowest BCUT2D eigenvalue weighted by Gasteiger charge is -2.08. The van der Waals surface area contributed by atoms with Crippen molar-refractivity contribution in [3.05, 3.63) is 29.8 Å². The molecule has 0 heterocycles. The lowest BCUT2D eigenvalue weighted by Crippen LogP contribution is -2.13. The average Bonchev–Trinajstić information content (AvgIpc) is 2.34. The lowest BCUT2D eigenvalue weighted by atomic mass is 10.2. The van der Waals surface area contributed by atoms with E-state index in [0.29, 0.717) is 5.56 Å². The van der Waals surface area contributed by atoms with Gasteiger partial charge in [0.05, 0.1) is 12.7 Å². The Labute approximate surface area is 107 Å². The van der Waals surface area contributed by atoms with Crippen molar-refractivity contribution >= 4 is 17.7 Å². The van der Waals surface area contributed by atoms with Crippen molar-refractivity contribution in [3.8, 4) is 0 Å². The molecular weight excluding hydrogens is 234 g/mol. The predicted octanol–water partition coefficient (Wildman–Crippen LogP) is 2.52. The number of thioether (sulfide) groups is 1. The third kappa shape index (κ3) is 5.24. The molecule has 0 amide bonds. The van der Waals surface area contributed by atoms with Gasteiger partial charge in [-0.2, -0.15) is 0 Å². The van der Waals surface area contributed by atoms with E-state index in [1.807, 2.05) is 23.9 Å². The molecule has 1 aromatic carbocycles. The summed E-state index contributed by atoms with van der Waals surface area (Å²) in [7, 11) is 5.55. The average molecular weight is 253 g/mol. The number of ether oxygens (including phenoxy) is 1. The molecule has 4 heteroatoms. The molecule has 94 valence electrons. The van der Waals surface area contributed by atoms with Gasteiger partial charge in [0, 0.05) is 4.90 Å². The maximum atomic E-state index is 11.2. The molecule has 1 aromatic rings. The Bertz CT molecular complexity index is 349. The monoisotopic (exact) mass is 253 g/mol. The fraction of sp³-hybridized carbons (Fsp3) is 0.462. The Morgan fingerprint density at radius 1 is 1.29 bits per heavy atom. The number of hydrogen-bond donors (Lipinski definition) is 0. The standard InChI is InChI=1S/C13H19NO2S/c1-14(2)9-4-10-17-12-7-5-11(6-8-12)13(15)16-3/h5-8H,4,9-10H2,1-3H3. The van der Waals surface area contributed by atoms with Gasteiger partial charge in [0.15, 0.2) is 0 Å². The Balaban J connectivity index is 2.38. The molecule has 0 N–H and O–H groups in total. The van der Waals surface area contributed by atoms with Crippen LogP contribution in [0.15, 0.2) is 29.2 Å². The van der Waals surface area contributed by atoms with Gasteiger partial charge in [0.1, 0.15) is 0 Å². The molecule has 0 unspecified atom stereocenters. The second kappa shape index (κ2) is 7.35. The van der Waals surface area contributed by atoms with Crippen molar-refractivity contribution in [1.82, 2.24) is 4.90 Å². The first-order chi connectivity index (χ1) is 8.13. The summed E-state index contributed by atoms with van der Waals surface area (Å²) in [6.45, 7) is 1.10. The van der Waals surface area contributed by atoms with Gasteiger partial charge in [0.25, 0.3) is 0 Å². The van der Waals surface area contributed by atoms with Crippen LogP contribution in [0.5, 0.6) is 0 Å². The molecule has 0 fully saturated rings. The maximum absolute atomic E-state index is 11.2. The normalized spacial score (nSPS) is 10.6. The van der Waals surface area contributed by atoms with Crippen LogP contribution in [0.4, 0.5) is 0 Å². The van der Waals surface area contributed by atoms with Crippen molar-refractivity contribution in [2.75, 3.05) is 33.5 Å². The number of rotatable bonds is 6. The molecule has 3 nitrogen and oxygen atoms in total. The van der Waals surface area contributed by atoms with Gasteiger partial charge in [-0.15, -0.1) is 11.8 Å². The van der Waals surface area contributed by atoms with Gasteiger partial charge in [-0.05, 0) is 57.1 Å². The zero-order chi connectivity index (χ0) is 12.7. The van der Waals surface area contributed by atoms with Gasteiger partial charge >= 0.3 is 5.97 Å². The van der Waals surface area contributed by atoms with Crippen LogP contribution in [0, 0.1) is 0 Å². The van der Waals surface area contributed by atoms with Crippen LogP contribution in [-0.4, -0.2) is 44.4 Å². The first-order valence-electron chi connectivity index (χ1n) is 5.59. The van der Waals surface area contributed by atoms with E-state index in [4.69, 9.17) is 0 Å². The molecule has 0 aliphatic carbocycles. The SMILES string of the molecule is COC(=O)c1ccc(SCCCN(C)C)cc1. The van der Waals surface area contributed by atoms with Gasteiger partial charge in [-0.25, -0.2) is 4.79 Å². The van der Waals surface area contributed by atoms with Crippen LogP contribution in [-0.2, 0) is 4.74 Å². The van der Waals surface area contributed by atoms with Gasteiger partial charge < -0.3 is 9.64 Å². The largest absolute Gasteiger partial charge is 0.465 e. The van der Waals surface area contributed by atoms with E-state index in [1.54, 1.807) is 12.1 Å². The van der Waals surface area contributed by atoms with E-state index in [2.05, 4.69) is 23.7 Å². The summed E-state index contributed by atoms with van der Waals surface area (Å²) in [6, 6.07) is 7.54. The summed E-state index contributed by atoms with van der Waals surface area (Å²) < 4.78 is 4.65. The van der Waals surface area contributed by atoms with Crippen LogP contribution >= 0.6 is 11.8 Å². The van der Waals surface area contributed by atoms with Gasteiger partial charge in [-0.1, -0.05) is 0 Å². The number of nitrogens with zero attached hydrogens (tertiary/aromatic N) is 1. The van der Waals surface area contributed by atoms with Crippen LogP contribution in [0.1, 0.15) is 16.8 Å². The highest BCUT2D eigenvalue weighted by molar-refractivity contribution is 7.99. The number of carbonyl (C=O) groups excluding carboxylic acids is 1. The number of methoxy groups -OCH3 is 1. The molecule has 0 saturated heterocycles. The molecular formula is C13H19NO2S. The highest BCUT2D eigenvalue weighted by Crippen LogP contribution is 2.19. The smallest absolute Gasteiger partial charge is 0.337 e. The summed E-state index contributed by atoms with van der Waals surface area (Å²) in [4.78, 5) is 14.6. The topological polar surface area (TPSA) is 29.5 Å². The van der Waals surface area contributed by atoms with Crippen molar-refractivity contribution < 1.29 is 9.53 Å². The molecule has 0 aliphatic rings. The number of hydrogen-bond acceptors (Lipinski definition) is 4. The van der Waals surface area contributed by atoms with Crippen LogP contribution in [0.25, 0.3) is 0 Å². The summed E-state index contributed by atoms with van der Waals surface area (Å²) >= 11 is 1.81. The Morgan fingerprint density at radius 2 is 1.94 bits per heavy atom. The quantitative estimate of drug-likeness (QED) is 0.442. The Kier molecular flexibility index (Phi) is 6.08. The fourth-order valence-corrected chi connectivity index (χ4v) is 2.21. The highest BCUT2D eigenvalue weighted by Gasteiger charge is 2.04. The molecule has 0 saturated carbocycles. The van der Waals surface area contributed by atoms with Crippen molar-refractivity contribution in [2.24, 2.45) is 0 Å². The van der Waals surface area contributed by atoms with E-state index in [-0.39, 0.29) is 5.97 Å². The number of benzene rings is 1. The second-order valence-corrected chi connectivity index (χ2v) is 5.19. The van der Waals surface area contributed by atoms with Crippen molar-refractivity contribution in [3.63, 3.8) is 0 Å². The number of carbonyl (C=O) groups is 1. The summed E-state index contributed by atoms with van der Waals surface area (Å²) in [5, 5.41) is 0. The molecule has 0 atom stereocenters. The van der Waals surface area contributed by atoms with Crippen LogP contribution < -0.4 is 0 Å². The minimum Gasteiger partial charge on any atom is -0.465 e. The minimum atomic E-state index is -0.283. The molecule has 0 aromatic heterocycles. The Morgan fingerprint density at radius 3 is 2.47 bits per heavy atom. The second-order valence-electron chi connectivity index (χ2n) is 4.02. The Hall–Kier alpha value is -1.00. The minimum absolute atomic E-state index is 0.283. The number of esters is 1. The molecule has 17 heavy (non-hydrogen) atoms. The predicted molar refractivity (Wildman–Crippen MR) is 71.7 cm³/mol. The molecule has 0 bridgehead atoms. The first-order valence-corrected chi connectivity index (χ1v) is 6.58. The summed E-state index contributed by atoms with van der Waals surface area (Å²) in [5.74, 6) is 0.810. The van der Waals surface area contributed by atoms with Crippen LogP contribution in [0.2, 0.25) is 0 Å². The van der Waals surface area contributed by atoms with E-state index in [1.165, 1.54) is 12.0 Å². The molecule has 0 aliphatic heterocycles. The van der Waals surface area contributed by atoms with E-state index < -0.39 is 0 Å². The highest BCUT2D eigenvalue weighted by atomic mass is 32.2. The van der Waals surface area contributed by atoms with E-state index in [9.17, 15) is 4.79 Å². The maximum Gasteiger partial charge on any atom is 0.337 e. The van der Waals surface area contributed by atoms with E-state index in [0.717, 1.165) is 18.7 Å². The van der Waals surface area contributed by atoms with Crippen LogP contribution in [0.3, 0.4) is 0 Å². The summed E-state index contributed by atoms with van der Waals surface area (Å²) in [5.41, 5.74) is 0.602. The van der Waals surface area contributed by atoms with E-state index >= 15 is 0 Å². The molecule has 0 spiro atoms. The zero-order valence-corrected chi connectivity index (χ0v) is 11.4. The zero-order valence-electron chi connectivity index (χ0n) is 10.6. The fourth-order valence-electron chi connectivity index (χ4n) is 1.38. The van der Waals surface area contributed by atoms with Gasteiger partial charge in [0.2, 0.25) is 0 Å². The van der Waals surface area contributed by atoms with Gasteiger partial charge in [-0.3, -0.25) is 0 Å². The van der Waals surface area contributed by atoms with Crippen molar-refractivity contribution in [1.29, 1.82) is 0 Å². The molecule has 0 radical (unpaired) electrons. The third-order valence-electron chi connectivity index (χ3n) is 2.29. The third-order valence-corrected chi connectivity index (χ3v) is 3.39. The summed E-state index contributed by atoms with van der Waals surface area (Å²) in [6.07, 6.45) is 1.16. The first kappa shape index (κ1) is 14.1. The lowest BCUT2D eigenvalue weighted by molar-refractivity contribution is 0.0600. The molecule has 1 rings (SSSR count).